The molecule has 0 spiro atoms. The van der Waals surface area contributed by atoms with Crippen LogP contribution in [0.4, 0.5) is 17.5 Å². The summed E-state index contributed by atoms with van der Waals surface area (Å²) in [5.41, 5.74) is 0.502. The van der Waals surface area contributed by atoms with Crippen LogP contribution in [0.3, 0.4) is 0 Å². The van der Waals surface area contributed by atoms with Gasteiger partial charge in [0.05, 0.1) is 11.6 Å². The lowest BCUT2D eigenvalue weighted by Gasteiger charge is -2.19. The number of aromatic nitrogens is 2. The van der Waals surface area contributed by atoms with E-state index < -0.39 is 5.91 Å². The SMILES string of the molecule is CN(C)c1ncc(NC(=O)c2cc(=O)c3ccccc3o2)c(N(C)C)n1. The third-order valence-electron chi connectivity index (χ3n) is 3.69. The Morgan fingerprint density at radius 1 is 1.12 bits per heavy atom. The van der Waals surface area contributed by atoms with E-state index in [0.29, 0.717) is 28.4 Å². The first-order chi connectivity index (χ1) is 12.4. The van der Waals surface area contributed by atoms with Crippen molar-refractivity contribution in [3.8, 4) is 0 Å². The normalized spacial score (nSPS) is 10.6. The summed E-state index contributed by atoms with van der Waals surface area (Å²) in [4.78, 5) is 36.9. The highest BCUT2D eigenvalue weighted by molar-refractivity contribution is 6.04. The molecule has 0 unspecified atom stereocenters. The molecule has 0 aliphatic carbocycles. The van der Waals surface area contributed by atoms with Gasteiger partial charge in [-0.25, -0.2) is 4.98 Å². The van der Waals surface area contributed by atoms with Gasteiger partial charge in [0.25, 0.3) is 5.91 Å². The Balaban J connectivity index is 1.96. The number of benzene rings is 1. The van der Waals surface area contributed by atoms with Gasteiger partial charge in [-0.1, -0.05) is 12.1 Å². The largest absolute Gasteiger partial charge is 0.451 e. The molecule has 8 heteroatoms. The van der Waals surface area contributed by atoms with Gasteiger partial charge in [0.1, 0.15) is 11.3 Å². The molecule has 0 atom stereocenters. The average Bonchev–Trinajstić information content (AvgIpc) is 2.61. The zero-order valence-corrected chi connectivity index (χ0v) is 15.0. The van der Waals surface area contributed by atoms with Crippen molar-refractivity contribution in [2.75, 3.05) is 43.3 Å². The highest BCUT2D eigenvalue weighted by Gasteiger charge is 2.17. The van der Waals surface area contributed by atoms with E-state index in [0.717, 1.165) is 0 Å². The lowest BCUT2D eigenvalue weighted by Crippen LogP contribution is -2.21. The lowest BCUT2D eigenvalue weighted by molar-refractivity contribution is 0.0997. The highest BCUT2D eigenvalue weighted by Crippen LogP contribution is 2.24. The van der Waals surface area contributed by atoms with Crippen LogP contribution in [-0.4, -0.2) is 44.1 Å². The highest BCUT2D eigenvalue weighted by atomic mass is 16.3. The molecule has 2 heterocycles. The fraction of sp³-hybridized carbons (Fsp3) is 0.222. The van der Waals surface area contributed by atoms with Crippen LogP contribution in [0.5, 0.6) is 0 Å². The first-order valence-corrected chi connectivity index (χ1v) is 7.92. The summed E-state index contributed by atoms with van der Waals surface area (Å²) >= 11 is 0. The molecule has 1 aromatic carbocycles. The number of para-hydroxylation sites is 1. The first-order valence-electron chi connectivity index (χ1n) is 7.92. The number of rotatable bonds is 4. The maximum atomic E-state index is 12.6. The Labute approximate surface area is 150 Å². The van der Waals surface area contributed by atoms with Crippen LogP contribution < -0.4 is 20.5 Å². The molecular weight excluding hydrogens is 334 g/mol. The molecular formula is C18H19N5O3. The minimum atomic E-state index is -0.544. The number of fused-ring (bicyclic) bond motifs is 1. The second-order valence-electron chi connectivity index (χ2n) is 6.12. The van der Waals surface area contributed by atoms with Crippen LogP contribution in [0.25, 0.3) is 11.0 Å². The number of carbonyl (C=O) groups excluding carboxylic acids is 1. The van der Waals surface area contributed by atoms with E-state index in [9.17, 15) is 9.59 Å². The van der Waals surface area contributed by atoms with Gasteiger partial charge < -0.3 is 19.5 Å². The van der Waals surface area contributed by atoms with Crippen molar-refractivity contribution < 1.29 is 9.21 Å². The molecule has 3 rings (SSSR count). The number of nitrogens with one attached hydrogen (secondary N) is 1. The van der Waals surface area contributed by atoms with Gasteiger partial charge in [0.2, 0.25) is 5.95 Å². The molecule has 134 valence electrons. The third-order valence-corrected chi connectivity index (χ3v) is 3.69. The summed E-state index contributed by atoms with van der Waals surface area (Å²) in [5.74, 6) is 0.441. The van der Waals surface area contributed by atoms with Crippen LogP contribution in [0, 0.1) is 0 Å². The molecule has 8 nitrogen and oxygen atoms in total. The number of hydrogen-bond donors (Lipinski definition) is 1. The molecule has 2 aromatic heterocycles. The Hall–Kier alpha value is -3.42. The van der Waals surface area contributed by atoms with Crippen molar-refractivity contribution in [2.24, 2.45) is 0 Å². The predicted molar refractivity (Wildman–Crippen MR) is 101 cm³/mol. The van der Waals surface area contributed by atoms with Gasteiger partial charge in [-0.05, 0) is 12.1 Å². The minimum Gasteiger partial charge on any atom is -0.451 e. The Kier molecular flexibility index (Phi) is 4.57. The Morgan fingerprint density at radius 3 is 2.54 bits per heavy atom. The van der Waals surface area contributed by atoms with Crippen LogP contribution >= 0.6 is 0 Å². The number of carbonyl (C=O) groups is 1. The second kappa shape index (κ2) is 6.83. The third kappa shape index (κ3) is 3.34. The van der Waals surface area contributed by atoms with Gasteiger partial charge in [-0.2, -0.15) is 4.98 Å². The maximum Gasteiger partial charge on any atom is 0.291 e. The summed E-state index contributed by atoms with van der Waals surface area (Å²) in [6, 6.07) is 7.97. The first kappa shape index (κ1) is 17.4. The van der Waals surface area contributed by atoms with Crippen molar-refractivity contribution in [3.05, 3.63) is 52.5 Å². The maximum absolute atomic E-state index is 12.6. The fourth-order valence-corrected chi connectivity index (χ4v) is 2.41. The van der Waals surface area contributed by atoms with Crippen LogP contribution in [0.2, 0.25) is 0 Å². The van der Waals surface area contributed by atoms with E-state index in [-0.39, 0.29) is 11.2 Å². The summed E-state index contributed by atoms with van der Waals surface area (Å²) in [6.07, 6.45) is 1.52. The minimum absolute atomic E-state index is 0.0740. The van der Waals surface area contributed by atoms with Gasteiger partial charge in [0, 0.05) is 34.3 Å². The molecule has 0 saturated carbocycles. The molecule has 0 aliphatic heterocycles. The fourth-order valence-electron chi connectivity index (χ4n) is 2.41. The van der Waals surface area contributed by atoms with E-state index in [2.05, 4.69) is 15.3 Å². The van der Waals surface area contributed by atoms with Crippen LogP contribution in [0.1, 0.15) is 10.6 Å². The average molecular weight is 353 g/mol. The molecule has 0 bridgehead atoms. The van der Waals surface area contributed by atoms with E-state index in [1.165, 1.54) is 12.3 Å². The molecule has 26 heavy (non-hydrogen) atoms. The number of anilines is 3. The number of hydrogen-bond acceptors (Lipinski definition) is 7. The second-order valence-corrected chi connectivity index (χ2v) is 6.12. The molecule has 0 radical (unpaired) electrons. The monoisotopic (exact) mass is 353 g/mol. The summed E-state index contributed by atoms with van der Waals surface area (Å²) in [5, 5.41) is 3.14. The van der Waals surface area contributed by atoms with Gasteiger partial charge in [-0.15, -0.1) is 0 Å². The Morgan fingerprint density at radius 2 is 1.85 bits per heavy atom. The smallest absolute Gasteiger partial charge is 0.291 e. The molecule has 3 aromatic rings. The topological polar surface area (TPSA) is 91.6 Å². The summed E-state index contributed by atoms with van der Waals surface area (Å²) in [6.45, 7) is 0. The van der Waals surface area contributed by atoms with E-state index in [4.69, 9.17) is 4.42 Å². The summed E-state index contributed by atoms with van der Waals surface area (Å²) < 4.78 is 5.56. The molecule has 0 saturated heterocycles. The van der Waals surface area contributed by atoms with Gasteiger partial charge in [0.15, 0.2) is 17.0 Å². The summed E-state index contributed by atoms with van der Waals surface area (Å²) in [7, 11) is 7.29. The number of nitrogens with zero attached hydrogens (tertiary/aromatic N) is 4. The van der Waals surface area contributed by atoms with Crippen molar-refractivity contribution >= 4 is 34.3 Å². The lowest BCUT2D eigenvalue weighted by atomic mass is 10.2. The quantitative estimate of drug-likeness (QED) is 0.766. The van der Waals surface area contributed by atoms with E-state index >= 15 is 0 Å². The van der Waals surface area contributed by atoms with E-state index in [1.54, 1.807) is 34.1 Å². The molecule has 0 fully saturated rings. The van der Waals surface area contributed by atoms with E-state index in [1.807, 2.05) is 28.2 Å². The molecule has 0 aliphatic rings. The van der Waals surface area contributed by atoms with Gasteiger partial charge in [-0.3, -0.25) is 9.59 Å². The standard InChI is InChI=1S/C18H19N5O3/c1-22(2)16-12(10-19-18(21-16)23(3)4)20-17(25)15-9-13(24)11-7-5-6-8-14(11)26-15/h5-10H,1-4H3,(H,20,25). The van der Waals surface area contributed by atoms with Crippen molar-refractivity contribution in [1.29, 1.82) is 0 Å². The van der Waals surface area contributed by atoms with Gasteiger partial charge >= 0.3 is 0 Å². The van der Waals surface area contributed by atoms with Crippen LogP contribution in [0.15, 0.2) is 45.7 Å². The van der Waals surface area contributed by atoms with Crippen molar-refractivity contribution in [2.45, 2.75) is 0 Å². The Bertz CT molecular complexity index is 1030. The number of amides is 1. The van der Waals surface area contributed by atoms with Crippen LogP contribution in [-0.2, 0) is 0 Å². The zero-order chi connectivity index (χ0) is 18.8. The zero-order valence-electron chi connectivity index (χ0n) is 15.0. The van der Waals surface area contributed by atoms with Crippen molar-refractivity contribution in [3.63, 3.8) is 0 Å². The van der Waals surface area contributed by atoms with Crippen molar-refractivity contribution in [1.82, 2.24) is 9.97 Å². The predicted octanol–water partition coefficient (Wildman–Crippen LogP) is 1.97. The molecule has 1 N–H and O–H groups in total. The molecule has 1 amide bonds.